The summed E-state index contributed by atoms with van der Waals surface area (Å²) in [7, 11) is 1.90. The third kappa shape index (κ3) is 10.0. The van der Waals surface area contributed by atoms with E-state index in [1.165, 1.54) is 0 Å². The molecule has 1 aromatic carbocycles. The summed E-state index contributed by atoms with van der Waals surface area (Å²) < 4.78 is 18.1. The molecule has 1 aromatic heterocycles. The van der Waals surface area contributed by atoms with E-state index in [4.69, 9.17) is 19.9 Å². The van der Waals surface area contributed by atoms with Crippen molar-refractivity contribution in [2.75, 3.05) is 59.0 Å². The van der Waals surface area contributed by atoms with Gasteiger partial charge in [0.25, 0.3) is 0 Å². The van der Waals surface area contributed by atoms with Crippen molar-refractivity contribution in [3.8, 4) is 11.3 Å². The van der Waals surface area contributed by atoms with Gasteiger partial charge < -0.3 is 25.3 Å². The average molecular weight is 380 g/mol. The second kappa shape index (κ2) is 15.1. The molecule has 0 aliphatic carbocycles. The second-order valence-corrected chi connectivity index (χ2v) is 5.43. The zero-order valence-electron chi connectivity index (χ0n) is 16.7. The summed E-state index contributed by atoms with van der Waals surface area (Å²) in [6, 6.07) is 7.56. The van der Waals surface area contributed by atoms with Gasteiger partial charge in [-0.25, -0.2) is 4.68 Å². The van der Waals surface area contributed by atoms with Crippen molar-refractivity contribution >= 4 is 5.69 Å². The van der Waals surface area contributed by atoms with Crippen molar-refractivity contribution in [1.82, 2.24) is 20.3 Å². The summed E-state index contributed by atoms with van der Waals surface area (Å²) in [5.74, 6) is 0. The minimum absolute atomic E-state index is 0.552. The Labute approximate surface area is 162 Å². The minimum atomic E-state index is 0.552. The molecule has 0 aliphatic heterocycles. The first-order valence-corrected chi connectivity index (χ1v) is 9.43. The summed E-state index contributed by atoms with van der Waals surface area (Å²) in [4.78, 5) is 0. The van der Waals surface area contributed by atoms with Gasteiger partial charge in [-0.1, -0.05) is 31.2 Å². The van der Waals surface area contributed by atoms with E-state index in [0.29, 0.717) is 46.2 Å². The lowest BCUT2D eigenvalue weighted by molar-refractivity contribution is 0.0135. The summed E-state index contributed by atoms with van der Waals surface area (Å²) in [5.41, 5.74) is 8.23. The van der Waals surface area contributed by atoms with Gasteiger partial charge in [0.1, 0.15) is 5.69 Å². The van der Waals surface area contributed by atoms with Crippen LogP contribution in [0.1, 0.15) is 13.8 Å². The highest BCUT2D eigenvalue weighted by atomic mass is 16.5. The molecule has 152 valence electrons. The standard InChI is InChI=1S/C17H27N5O3.C2H6/c1-19-6-8-23-10-12-25-13-11-24-9-7-22-14-17(20-21-22)15-2-4-16(18)5-3-15;1-2/h2-5,14,19H,6-13,18H2,1H3;1-2H3. The first-order chi connectivity index (χ1) is 13.3. The van der Waals surface area contributed by atoms with E-state index in [9.17, 15) is 0 Å². The number of aromatic nitrogens is 3. The molecule has 3 N–H and O–H groups in total. The molecule has 0 aliphatic rings. The van der Waals surface area contributed by atoms with Gasteiger partial charge in [-0.15, -0.1) is 5.10 Å². The van der Waals surface area contributed by atoms with Crippen LogP contribution in [-0.2, 0) is 20.8 Å². The Morgan fingerprint density at radius 1 is 0.926 bits per heavy atom. The fourth-order valence-electron chi connectivity index (χ4n) is 2.07. The van der Waals surface area contributed by atoms with Crippen LogP contribution in [0.3, 0.4) is 0 Å². The number of benzene rings is 1. The normalized spacial score (nSPS) is 10.5. The molecular formula is C19H33N5O3. The summed E-state index contributed by atoms with van der Waals surface area (Å²) in [5, 5.41) is 11.3. The molecule has 0 amide bonds. The van der Waals surface area contributed by atoms with Crippen molar-refractivity contribution in [3.63, 3.8) is 0 Å². The van der Waals surface area contributed by atoms with Crippen LogP contribution in [0.5, 0.6) is 0 Å². The topological polar surface area (TPSA) is 96.5 Å². The Kier molecular flexibility index (Phi) is 12.9. The van der Waals surface area contributed by atoms with Crippen LogP contribution >= 0.6 is 0 Å². The number of anilines is 1. The lowest BCUT2D eigenvalue weighted by Gasteiger charge is -2.06. The predicted octanol–water partition coefficient (Wildman–Crippen LogP) is 1.82. The highest BCUT2D eigenvalue weighted by molar-refractivity contribution is 5.60. The van der Waals surface area contributed by atoms with E-state index < -0.39 is 0 Å². The largest absolute Gasteiger partial charge is 0.399 e. The number of ether oxygens (including phenoxy) is 3. The molecule has 0 unspecified atom stereocenters. The Morgan fingerprint density at radius 3 is 2.15 bits per heavy atom. The lowest BCUT2D eigenvalue weighted by atomic mass is 10.1. The summed E-state index contributed by atoms with van der Waals surface area (Å²) >= 11 is 0. The third-order valence-corrected chi connectivity index (χ3v) is 3.45. The van der Waals surface area contributed by atoms with Crippen LogP contribution < -0.4 is 11.1 Å². The van der Waals surface area contributed by atoms with Crippen molar-refractivity contribution in [1.29, 1.82) is 0 Å². The second-order valence-electron chi connectivity index (χ2n) is 5.43. The molecular weight excluding hydrogens is 346 g/mol. The van der Waals surface area contributed by atoms with E-state index in [2.05, 4.69) is 15.6 Å². The Hall–Kier alpha value is -2.00. The molecule has 0 radical (unpaired) electrons. The minimum Gasteiger partial charge on any atom is -0.399 e. The van der Waals surface area contributed by atoms with Gasteiger partial charge in [0.05, 0.1) is 52.4 Å². The van der Waals surface area contributed by atoms with Gasteiger partial charge in [0.15, 0.2) is 0 Å². The number of rotatable bonds is 13. The van der Waals surface area contributed by atoms with Crippen LogP contribution in [0, 0.1) is 0 Å². The molecule has 8 nitrogen and oxygen atoms in total. The van der Waals surface area contributed by atoms with Crippen LogP contribution in [0.2, 0.25) is 0 Å². The van der Waals surface area contributed by atoms with Crippen molar-refractivity contribution in [2.24, 2.45) is 0 Å². The van der Waals surface area contributed by atoms with Crippen LogP contribution in [0.4, 0.5) is 5.69 Å². The monoisotopic (exact) mass is 379 g/mol. The number of likely N-dealkylation sites (N-methyl/N-ethyl adjacent to an activating group) is 1. The van der Waals surface area contributed by atoms with Crippen LogP contribution in [0.25, 0.3) is 11.3 Å². The number of nitrogens with two attached hydrogens (primary N) is 1. The zero-order chi connectivity index (χ0) is 19.7. The molecule has 0 fully saturated rings. The lowest BCUT2D eigenvalue weighted by Crippen LogP contribution is -2.17. The van der Waals surface area contributed by atoms with Gasteiger partial charge in [-0.2, -0.15) is 0 Å². The molecule has 2 aromatic rings. The number of hydrogen-bond donors (Lipinski definition) is 2. The molecule has 0 spiro atoms. The maximum atomic E-state index is 5.68. The maximum absolute atomic E-state index is 5.68. The first kappa shape index (κ1) is 23.0. The molecule has 0 atom stereocenters. The fourth-order valence-corrected chi connectivity index (χ4v) is 2.07. The van der Waals surface area contributed by atoms with Gasteiger partial charge in [0, 0.05) is 17.8 Å². The average Bonchev–Trinajstić information content (AvgIpc) is 3.17. The highest BCUT2D eigenvalue weighted by Gasteiger charge is 2.03. The smallest absolute Gasteiger partial charge is 0.113 e. The van der Waals surface area contributed by atoms with E-state index in [-0.39, 0.29) is 0 Å². The van der Waals surface area contributed by atoms with E-state index in [1.54, 1.807) is 4.68 Å². The zero-order valence-corrected chi connectivity index (χ0v) is 16.7. The van der Waals surface area contributed by atoms with E-state index >= 15 is 0 Å². The van der Waals surface area contributed by atoms with Crippen molar-refractivity contribution in [2.45, 2.75) is 20.4 Å². The van der Waals surface area contributed by atoms with E-state index in [0.717, 1.165) is 23.5 Å². The summed E-state index contributed by atoms with van der Waals surface area (Å²) in [6.07, 6.45) is 1.90. The number of nitrogen functional groups attached to an aromatic ring is 1. The molecule has 0 saturated heterocycles. The molecule has 2 rings (SSSR count). The Balaban J connectivity index is 0.00000176. The van der Waals surface area contributed by atoms with Crippen LogP contribution in [-0.4, -0.2) is 68.2 Å². The van der Waals surface area contributed by atoms with Crippen molar-refractivity contribution in [3.05, 3.63) is 30.5 Å². The number of nitrogens with zero attached hydrogens (tertiary/aromatic N) is 3. The van der Waals surface area contributed by atoms with Gasteiger partial charge in [-0.05, 0) is 19.2 Å². The maximum Gasteiger partial charge on any atom is 0.113 e. The number of hydrogen-bond acceptors (Lipinski definition) is 7. The Bertz CT molecular complexity index is 589. The predicted molar refractivity (Wildman–Crippen MR) is 108 cm³/mol. The third-order valence-electron chi connectivity index (χ3n) is 3.45. The van der Waals surface area contributed by atoms with Gasteiger partial charge >= 0.3 is 0 Å². The van der Waals surface area contributed by atoms with Gasteiger partial charge in [0.2, 0.25) is 0 Å². The quantitative estimate of drug-likeness (QED) is 0.405. The van der Waals surface area contributed by atoms with Gasteiger partial charge in [-0.3, -0.25) is 0 Å². The van der Waals surface area contributed by atoms with E-state index in [1.807, 2.05) is 51.4 Å². The molecule has 8 heteroatoms. The Morgan fingerprint density at radius 2 is 1.52 bits per heavy atom. The SMILES string of the molecule is CC.CNCCOCCOCCOCCn1cc(-c2ccc(N)cc2)nn1. The van der Waals surface area contributed by atoms with Crippen molar-refractivity contribution < 1.29 is 14.2 Å². The molecule has 0 bridgehead atoms. The number of nitrogens with one attached hydrogen (secondary N) is 1. The molecule has 27 heavy (non-hydrogen) atoms. The highest BCUT2D eigenvalue weighted by Crippen LogP contribution is 2.17. The molecule has 1 heterocycles. The summed E-state index contributed by atoms with van der Waals surface area (Å²) in [6.45, 7) is 9.06. The van der Waals surface area contributed by atoms with Crippen LogP contribution in [0.15, 0.2) is 30.5 Å². The first-order valence-electron chi connectivity index (χ1n) is 9.43. The molecule has 0 saturated carbocycles. The fraction of sp³-hybridized carbons (Fsp3) is 0.579.